The van der Waals surface area contributed by atoms with Crippen LogP contribution in [-0.2, 0) is 4.79 Å². The lowest BCUT2D eigenvalue weighted by Crippen LogP contribution is -2.09. The molecule has 0 spiro atoms. The van der Waals surface area contributed by atoms with Crippen molar-refractivity contribution in [2.75, 3.05) is 6.61 Å². The van der Waals surface area contributed by atoms with Gasteiger partial charge < -0.3 is 9.84 Å². The Labute approximate surface area is 208 Å². The van der Waals surface area contributed by atoms with E-state index in [9.17, 15) is 4.79 Å². The summed E-state index contributed by atoms with van der Waals surface area (Å²) in [4.78, 5) is 21.3. The van der Waals surface area contributed by atoms with Crippen LogP contribution < -0.4 is 4.74 Å². The fourth-order valence-corrected chi connectivity index (χ4v) is 4.09. The van der Waals surface area contributed by atoms with E-state index in [-0.39, 0.29) is 6.61 Å². The molecule has 170 valence electrons. The normalized spacial score (nSPS) is 9.86. The highest BCUT2D eigenvalue weighted by molar-refractivity contribution is 7.99. The molecule has 2 aromatic heterocycles. The maximum atomic E-state index is 10.8. The Bertz CT molecular complexity index is 1390. The first-order chi connectivity index (χ1) is 17.0. The first-order valence-electron chi connectivity index (χ1n) is 10.7. The summed E-state index contributed by atoms with van der Waals surface area (Å²) in [5.41, 5.74) is 3.89. The van der Waals surface area contributed by atoms with E-state index < -0.39 is 5.97 Å². The molecule has 0 saturated carbocycles. The topological polar surface area (TPSA) is 72.3 Å². The Kier molecular flexibility index (Phi) is 7.81. The quantitative estimate of drug-likeness (QED) is 0.399. The molecule has 0 saturated heterocycles. The minimum absolute atomic E-state index is 0.372. The lowest BCUT2D eigenvalue weighted by molar-refractivity contribution is -0.139. The number of aryl methyl sites for hydroxylation is 1. The van der Waals surface area contributed by atoms with Crippen molar-refractivity contribution in [2.24, 2.45) is 0 Å². The average molecular weight is 477 g/mol. The first kappa shape index (κ1) is 23.6. The second-order valence-electron chi connectivity index (χ2n) is 7.39. The third-order valence-electron chi connectivity index (χ3n) is 4.64. The fourth-order valence-electron chi connectivity index (χ4n) is 3.07. The fraction of sp³-hybridized carbons (Fsp3) is 0.0690. The predicted molar refractivity (Wildman–Crippen MR) is 135 cm³/mol. The van der Waals surface area contributed by atoms with Crippen molar-refractivity contribution in [1.29, 1.82) is 0 Å². The van der Waals surface area contributed by atoms with Crippen molar-refractivity contribution < 1.29 is 14.6 Å². The van der Waals surface area contributed by atoms with Gasteiger partial charge in [0.15, 0.2) is 6.61 Å². The number of aromatic nitrogens is 2. The van der Waals surface area contributed by atoms with Crippen LogP contribution in [0.25, 0.3) is 0 Å². The van der Waals surface area contributed by atoms with E-state index in [2.05, 4.69) is 33.6 Å². The molecule has 5 nitrogen and oxygen atoms in total. The molecule has 0 atom stereocenters. The number of carboxylic acids is 1. The molecule has 0 amide bonds. The lowest BCUT2D eigenvalue weighted by Gasteiger charge is -2.09. The average Bonchev–Trinajstić information content (AvgIpc) is 2.87. The lowest BCUT2D eigenvalue weighted by atomic mass is 10.1. The van der Waals surface area contributed by atoms with Crippen LogP contribution in [0.4, 0.5) is 0 Å². The second kappa shape index (κ2) is 11.6. The monoisotopic (exact) mass is 476 g/mol. The zero-order valence-electron chi connectivity index (χ0n) is 18.9. The number of carbonyl (C=O) groups is 1. The summed E-state index contributed by atoms with van der Waals surface area (Å²) in [6.45, 7) is 1.52. The van der Waals surface area contributed by atoms with E-state index >= 15 is 0 Å². The summed E-state index contributed by atoms with van der Waals surface area (Å²) in [5, 5.41) is 8.84. The minimum Gasteiger partial charge on any atom is -0.482 e. The number of ether oxygens (including phenoxy) is 1. The smallest absolute Gasteiger partial charge is 0.341 e. The second-order valence-corrected chi connectivity index (χ2v) is 8.53. The molecule has 4 aromatic rings. The van der Waals surface area contributed by atoms with Gasteiger partial charge in [0.2, 0.25) is 0 Å². The molecule has 0 aliphatic carbocycles. The molecule has 0 fully saturated rings. The predicted octanol–water partition coefficient (Wildman–Crippen LogP) is 5.20. The van der Waals surface area contributed by atoms with Gasteiger partial charge in [-0.1, -0.05) is 35.7 Å². The standard InChI is InChI=1S/C29H20N2O3S/c1-21-16-26(12-13-28(21)34-20-29(32)33)35-27-18-22(8-10-24-6-2-4-14-30-24)17-23(19-27)9-11-25-7-3-5-15-31-25/h2-7,12-19H,20H2,1H3,(H,32,33). The third-order valence-corrected chi connectivity index (χ3v) is 5.60. The maximum Gasteiger partial charge on any atom is 0.341 e. The highest BCUT2D eigenvalue weighted by Gasteiger charge is 2.07. The zero-order chi connectivity index (χ0) is 24.5. The van der Waals surface area contributed by atoms with Crippen LogP contribution >= 0.6 is 11.8 Å². The molecule has 6 heteroatoms. The van der Waals surface area contributed by atoms with Crippen LogP contribution in [-0.4, -0.2) is 27.7 Å². The number of hydrogen-bond donors (Lipinski definition) is 1. The number of nitrogens with zero attached hydrogens (tertiary/aromatic N) is 2. The zero-order valence-corrected chi connectivity index (χ0v) is 19.7. The summed E-state index contributed by atoms with van der Waals surface area (Å²) in [6, 6.07) is 22.9. The largest absolute Gasteiger partial charge is 0.482 e. The van der Waals surface area contributed by atoms with Crippen LogP contribution in [0.2, 0.25) is 0 Å². The van der Waals surface area contributed by atoms with Crippen molar-refractivity contribution in [3.63, 3.8) is 0 Å². The van der Waals surface area contributed by atoms with E-state index in [0.29, 0.717) is 17.1 Å². The van der Waals surface area contributed by atoms with E-state index in [1.807, 2.05) is 73.7 Å². The molecule has 0 aliphatic heterocycles. The van der Waals surface area contributed by atoms with Gasteiger partial charge in [0, 0.05) is 33.3 Å². The van der Waals surface area contributed by atoms with E-state index in [0.717, 1.165) is 26.5 Å². The van der Waals surface area contributed by atoms with Gasteiger partial charge in [0.05, 0.1) is 0 Å². The molecular formula is C29H20N2O3S. The maximum absolute atomic E-state index is 10.8. The number of hydrogen-bond acceptors (Lipinski definition) is 5. The molecule has 35 heavy (non-hydrogen) atoms. The molecule has 0 unspecified atom stereocenters. The highest BCUT2D eigenvalue weighted by Crippen LogP contribution is 2.32. The van der Waals surface area contributed by atoms with E-state index in [4.69, 9.17) is 9.84 Å². The number of aliphatic carboxylic acids is 1. The van der Waals surface area contributed by atoms with Gasteiger partial charge >= 0.3 is 5.97 Å². The van der Waals surface area contributed by atoms with E-state index in [1.165, 1.54) is 0 Å². The van der Waals surface area contributed by atoms with Gasteiger partial charge in [0.1, 0.15) is 17.1 Å². The molecular weight excluding hydrogens is 456 g/mol. The number of pyridine rings is 2. The molecule has 0 bridgehead atoms. The van der Waals surface area contributed by atoms with E-state index in [1.54, 1.807) is 30.2 Å². The Balaban J connectivity index is 1.64. The number of benzene rings is 2. The van der Waals surface area contributed by atoms with Crippen molar-refractivity contribution in [1.82, 2.24) is 9.97 Å². The van der Waals surface area contributed by atoms with Gasteiger partial charge in [-0.05, 0) is 85.0 Å². The van der Waals surface area contributed by atoms with Gasteiger partial charge in [-0.3, -0.25) is 0 Å². The Morgan fingerprint density at radius 3 is 1.97 bits per heavy atom. The summed E-state index contributed by atoms with van der Waals surface area (Å²) < 4.78 is 5.33. The Morgan fingerprint density at radius 2 is 1.46 bits per heavy atom. The summed E-state index contributed by atoms with van der Waals surface area (Å²) >= 11 is 1.57. The van der Waals surface area contributed by atoms with Crippen LogP contribution in [0.5, 0.6) is 5.75 Å². The van der Waals surface area contributed by atoms with Crippen molar-refractivity contribution >= 4 is 17.7 Å². The van der Waals surface area contributed by atoms with Crippen molar-refractivity contribution in [3.05, 3.63) is 113 Å². The van der Waals surface area contributed by atoms with Gasteiger partial charge in [-0.2, -0.15) is 0 Å². The molecule has 2 heterocycles. The third kappa shape index (κ3) is 7.23. The van der Waals surface area contributed by atoms with Crippen LogP contribution in [0, 0.1) is 30.6 Å². The first-order valence-corrected chi connectivity index (χ1v) is 11.5. The van der Waals surface area contributed by atoms with Crippen LogP contribution in [0.1, 0.15) is 28.1 Å². The number of rotatable bonds is 5. The van der Waals surface area contributed by atoms with Gasteiger partial charge in [0.25, 0.3) is 0 Å². The molecule has 0 aliphatic rings. The molecule has 2 aromatic carbocycles. The summed E-state index contributed by atoms with van der Waals surface area (Å²) in [7, 11) is 0. The van der Waals surface area contributed by atoms with Gasteiger partial charge in [-0.25, -0.2) is 14.8 Å². The molecule has 4 rings (SSSR count). The van der Waals surface area contributed by atoms with Crippen molar-refractivity contribution in [3.8, 4) is 29.4 Å². The van der Waals surface area contributed by atoms with Crippen LogP contribution in [0.15, 0.2) is 95.0 Å². The number of carboxylic acid groups (broad SMARTS) is 1. The molecule has 1 N–H and O–H groups in total. The molecule has 0 radical (unpaired) electrons. The SMILES string of the molecule is Cc1cc(Sc2cc(C#Cc3ccccn3)cc(C#Cc3ccccn3)c2)ccc1OCC(=O)O. The Hall–Kier alpha value is -4.52. The highest BCUT2D eigenvalue weighted by atomic mass is 32.2. The van der Waals surface area contributed by atoms with Crippen LogP contribution in [0.3, 0.4) is 0 Å². The summed E-state index contributed by atoms with van der Waals surface area (Å²) in [5.74, 6) is 12.1. The Morgan fingerprint density at radius 1 is 0.829 bits per heavy atom. The minimum atomic E-state index is -1.01. The summed E-state index contributed by atoms with van der Waals surface area (Å²) in [6.07, 6.45) is 3.43. The van der Waals surface area contributed by atoms with Crippen molar-refractivity contribution in [2.45, 2.75) is 16.7 Å². The van der Waals surface area contributed by atoms with Gasteiger partial charge in [-0.15, -0.1) is 0 Å².